The van der Waals surface area contributed by atoms with E-state index in [4.69, 9.17) is 4.74 Å². The number of ether oxygens (including phenoxy) is 1. The first-order valence-electron chi connectivity index (χ1n) is 8.83. The lowest BCUT2D eigenvalue weighted by atomic mass is 10.0. The van der Waals surface area contributed by atoms with Crippen molar-refractivity contribution in [3.8, 4) is 0 Å². The highest BCUT2D eigenvalue weighted by molar-refractivity contribution is 8.01. The zero-order valence-electron chi connectivity index (χ0n) is 15.3. The van der Waals surface area contributed by atoms with Gasteiger partial charge in [0.15, 0.2) is 6.61 Å². The van der Waals surface area contributed by atoms with Crippen LogP contribution in [-0.4, -0.2) is 46.0 Å². The second-order valence-corrected chi connectivity index (χ2v) is 8.66. The Morgan fingerprint density at radius 2 is 2.12 bits per heavy atom. The molecule has 6 nitrogen and oxygen atoms in total. The summed E-state index contributed by atoms with van der Waals surface area (Å²) < 4.78 is 5.20. The van der Waals surface area contributed by atoms with Gasteiger partial charge in [-0.3, -0.25) is 9.59 Å². The van der Waals surface area contributed by atoms with Crippen LogP contribution in [0.5, 0.6) is 0 Å². The lowest BCUT2D eigenvalue weighted by Gasteiger charge is -2.29. The second-order valence-electron chi connectivity index (χ2n) is 7.16. The maximum Gasteiger partial charge on any atom is 0.330 e. The van der Waals surface area contributed by atoms with E-state index >= 15 is 0 Å². The first-order valence-corrected chi connectivity index (χ1v) is 9.82. The van der Waals surface area contributed by atoms with Crippen LogP contribution in [0.3, 0.4) is 0 Å². The maximum atomic E-state index is 12.4. The molecule has 0 radical (unpaired) electrons. The molecule has 0 aromatic heterocycles. The number of hydrogen-bond acceptors (Lipinski definition) is 5. The summed E-state index contributed by atoms with van der Waals surface area (Å²) in [6.45, 7) is 5.72. The van der Waals surface area contributed by atoms with E-state index in [-0.39, 0.29) is 29.2 Å². The monoisotopic (exact) mass is 376 g/mol. The fourth-order valence-electron chi connectivity index (χ4n) is 3.53. The zero-order chi connectivity index (χ0) is 18.9. The molecule has 0 spiro atoms. The van der Waals surface area contributed by atoms with E-state index in [0.717, 1.165) is 17.7 Å². The molecule has 26 heavy (non-hydrogen) atoms. The quantitative estimate of drug-likeness (QED) is 0.800. The van der Waals surface area contributed by atoms with E-state index in [1.807, 2.05) is 45.0 Å². The molecule has 2 saturated heterocycles. The Morgan fingerprint density at radius 1 is 1.38 bits per heavy atom. The Bertz CT molecular complexity index is 736. The minimum Gasteiger partial charge on any atom is -0.454 e. The number of carbonyl (C=O) groups excluding carboxylic acids is 3. The molecule has 0 bridgehead atoms. The lowest BCUT2D eigenvalue weighted by Crippen LogP contribution is -2.47. The molecule has 7 heteroatoms. The number of nitrogens with zero attached hydrogens (tertiary/aromatic N) is 1. The number of anilines is 1. The van der Waals surface area contributed by atoms with Crippen LogP contribution >= 0.6 is 11.8 Å². The standard InChI is InChI=1S/C19H24N2O4S/c1-12(2)13-6-4-5-7-14(13)20-16(22)10-25-18(24)15-11-26-19(3)9-8-17(23)21(15)19/h4-7,12,15H,8-11H2,1-3H3,(H,20,22)/t15-,19+/m0/s1. The molecule has 2 fully saturated rings. The third kappa shape index (κ3) is 3.58. The van der Waals surface area contributed by atoms with Gasteiger partial charge in [-0.1, -0.05) is 32.0 Å². The fourth-order valence-corrected chi connectivity index (χ4v) is 4.95. The van der Waals surface area contributed by atoms with Crippen LogP contribution in [0.2, 0.25) is 0 Å². The SMILES string of the molecule is CC(C)c1ccccc1NC(=O)COC(=O)[C@@H]1CS[C@]2(C)CCC(=O)N12. The summed E-state index contributed by atoms with van der Waals surface area (Å²) in [6.07, 6.45) is 1.20. The summed E-state index contributed by atoms with van der Waals surface area (Å²) in [5.74, 6) is -0.131. The van der Waals surface area contributed by atoms with Crippen molar-refractivity contribution >= 4 is 35.2 Å². The first-order chi connectivity index (χ1) is 12.3. The topological polar surface area (TPSA) is 75.7 Å². The zero-order valence-corrected chi connectivity index (χ0v) is 16.1. The number of para-hydroxylation sites is 1. The Kier molecular flexibility index (Phi) is 5.27. The van der Waals surface area contributed by atoms with E-state index in [1.54, 1.807) is 16.7 Å². The minimum absolute atomic E-state index is 0.0187. The molecule has 1 N–H and O–H groups in total. The number of benzene rings is 1. The molecule has 0 aliphatic carbocycles. The van der Waals surface area contributed by atoms with E-state index in [9.17, 15) is 14.4 Å². The Hall–Kier alpha value is -2.02. The predicted octanol–water partition coefficient (Wildman–Crippen LogP) is 2.75. The summed E-state index contributed by atoms with van der Waals surface area (Å²) in [6, 6.07) is 6.96. The average Bonchev–Trinajstić information content (AvgIpc) is 3.09. The van der Waals surface area contributed by atoms with Gasteiger partial charge in [-0.05, 0) is 30.9 Å². The van der Waals surface area contributed by atoms with Gasteiger partial charge in [0.1, 0.15) is 6.04 Å². The molecule has 2 atom stereocenters. The van der Waals surface area contributed by atoms with Gasteiger partial charge in [0.2, 0.25) is 5.91 Å². The number of hydrogen-bond donors (Lipinski definition) is 1. The number of carbonyl (C=O) groups is 3. The van der Waals surface area contributed by atoms with Crippen LogP contribution in [0.25, 0.3) is 0 Å². The largest absolute Gasteiger partial charge is 0.454 e. The van der Waals surface area contributed by atoms with Gasteiger partial charge in [-0.25, -0.2) is 4.79 Å². The van der Waals surface area contributed by atoms with Crippen molar-refractivity contribution in [3.63, 3.8) is 0 Å². The van der Waals surface area contributed by atoms with Crippen LogP contribution in [0.1, 0.15) is 45.1 Å². The summed E-state index contributed by atoms with van der Waals surface area (Å²) >= 11 is 1.60. The molecule has 2 amide bonds. The highest BCUT2D eigenvalue weighted by atomic mass is 32.2. The molecular weight excluding hydrogens is 352 g/mol. The molecular formula is C19H24N2O4S. The molecule has 0 unspecified atom stereocenters. The Balaban J connectivity index is 1.57. The van der Waals surface area contributed by atoms with Gasteiger partial charge in [0.05, 0.1) is 4.87 Å². The van der Waals surface area contributed by atoms with Crippen molar-refractivity contribution in [3.05, 3.63) is 29.8 Å². The molecule has 140 valence electrons. The van der Waals surface area contributed by atoms with Gasteiger partial charge in [-0.15, -0.1) is 11.8 Å². The smallest absolute Gasteiger partial charge is 0.330 e. The van der Waals surface area contributed by atoms with E-state index in [2.05, 4.69) is 5.32 Å². The Morgan fingerprint density at radius 3 is 2.85 bits per heavy atom. The maximum absolute atomic E-state index is 12.4. The number of fused-ring (bicyclic) bond motifs is 1. The number of rotatable bonds is 5. The van der Waals surface area contributed by atoms with Crippen LogP contribution in [0, 0.1) is 0 Å². The molecule has 2 aliphatic heterocycles. The number of nitrogens with one attached hydrogen (secondary N) is 1. The van der Waals surface area contributed by atoms with Crippen LogP contribution in [0.4, 0.5) is 5.69 Å². The third-order valence-corrected chi connectivity index (χ3v) is 6.42. The normalized spacial score (nSPS) is 24.7. The van der Waals surface area contributed by atoms with Crippen LogP contribution < -0.4 is 5.32 Å². The van der Waals surface area contributed by atoms with Crippen molar-refractivity contribution in [2.24, 2.45) is 0 Å². The van der Waals surface area contributed by atoms with Crippen LogP contribution in [0.15, 0.2) is 24.3 Å². The molecule has 1 aromatic carbocycles. The summed E-state index contributed by atoms with van der Waals surface area (Å²) in [5, 5.41) is 2.80. The highest BCUT2D eigenvalue weighted by Gasteiger charge is 2.53. The van der Waals surface area contributed by atoms with E-state index in [0.29, 0.717) is 12.2 Å². The number of esters is 1. The van der Waals surface area contributed by atoms with Crippen molar-refractivity contribution in [2.45, 2.75) is 50.4 Å². The molecule has 2 heterocycles. The van der Waals surface area contributed by atoms with Gasteiger partial charge in [0, 0.05) is 17.9 Å². The van der Waals surface area contributed by atoms with Gasteiger partial charge < -0.3 is 15.0 Å². The van der Waals surface area contributed by atoms with E-state index < -0.39 is 12.0 Å². The highest BCUT2D eigenvalue weighted by Crippen LogP contribution is 2.47. The van der Waals surface area contributed by atoms with Crippen molar-refractivity contribution < 1.29 is 19.1 Å². The molecule has 3 rings (SSSR count). The molecule has 2 aliphatic rings. The molecule has 0 saturated carbocycles. The first kappa shape index (κ1) is 18.8. The Labute approximate surface area is 157 Å². The van der Waals surface area contributed by atoms with Crippen molar-refractivity contribution in [2.75, 3.05) is 17.7 Å². The average molecular weight is 376 g/mol. The van der Waals surface area contributed by atoms with Gasteiger partial charge >= 0.3 is 5.97 Å². The number of amides is 2. The summed E-state index contributed by atoms with van der Waals surface area (Å²) in [4.78, 5) is 38.0. The third-order valence-electron chi connectivity index (χ3n) is 4.92. The lowest BCUT2D eigenvalue weighted by molar-refractivity contribution is -0.155. The van der Waals surface area contributed by atoms with Crippen molar-refractivity contribution in [1.29, 1.82) is 0 Å². The summed E-state index contributed by atoms with van der Waals surface area (Å²) in [5.41, 5.74) is 1.75. The van der Waals surface area contributed by atoms with E-state index in [1.165, 1.54) is 0 Å². The fraction of sp³-hybridized carbons (Fsp3) is 0.526. The van der Waals surface area contributed by atoms with Gasteiger partial charge in [0.25, 0.3) is 5.91 Å². The van der Waals surface area contributed by atoms with Crippen LogP contribution in [-0.2, 0) is 19.1 Å². The van der Waals surface area contributed by atoms with Gasteiger partial charge in [-0.2, -0.15) is 0 Å². The second kappa shape index (κ2) is 7.31. The minimum atomic E-state index is -0.601. The molecule has 1 aromatic rings. The summed E-state index contributed by atoms with van der Waals surface area (Å²) in [7, 11) is 0. The predicted molar refractivity (Wildman–Crippen MR) is 101 cm³/mol. The van der Waals surface area contributed by atoms with Crippen molar-refractivity contribution in [1.82, 2.24) is 4.90 Å². The number of thioether (sulfide) groups is 1.